The van der Waals surface area contributed by atoms with E-state index in [0.717, 1.165) is 18.7 Å². The third kappa shape index (κ3) is 2.48. The van der Waals surface area contributed by atoms with E-state index in [2.05, 4.69) is 22.0 Å². The van der Waals surface area contributed by atoms with E-state index in [4.69, 9.17) is 5.73 Å². The topological polar surface area (TPSA) is 61.9 Å². The maximum Gasteiger partial charge on any atom is 0.238 e. The molecule has 0 radical (unpaired) electrons. The second-order valence-corrected chi connectivity index (χ2v) is 5.89. The van der Waals surface area contributed by atoms with Gasteiger partial charge in [0.25, 0.3) is 0 Å². The Balaban J connectivity index is 1.93. The second-order valence-electron chi connectivity index (χ2n) is 5.89. The van der Waals surface area contributed by atoms with Crippen molar-refractivity contribution in [2.24, 2.45) is 10.7 Å². The minimum atomic E-state index is -0.246. The maximum atomic E-state index is 12.5. The number of benzene rings is 1. The molecule has 2 N–H and O–H groups in total. The number of nitrogens with two attached hydrogens (primary N) is 1. The molecule has 2 heterocycles. The number of likely N-dealkylation sites (N-methyl/N-ethyl adjacent to an activating group) is 1. The molecule has 1 amide bonds. The Morgan fingerprint density at radius 1 is 1.29 bits per heavy atom. The molecule has 1 unspecified atom stereocenters. The monoisotopic (exact) mass is 286 g/mol. The molecule has 1 saturated heterocycles. The van der Waals surface area contributed by atoms with Crippen LogP contribution in [-0.4, -0.2) is 42.9 Å². The highest BCUT2D eigenvalue weighted by molar-refractivity contribution is 6.01. The van der Waals surface area contributed by atoms with Crippen LogP contribution >= 0.6 is 0 Å². The number of anilines is 1. The number of carbonyl (C=O) groups excluding carboxylic acids is 1. The number of guanidine groups is 1. The largest absolute Gasteiger partial charge is 0.372 e. The molecule has 3 rings (SSSR count). The number of nitrogens with zero attached hydrogens (tertiary/aromatic N) is 3. The third-order valence-corrected chi connectivity index (χ3v) is 4.46. The van der Waals surface area contributed by atoms with Crippen molar-refractivity contribution in [1.29, 1.82) is 0 Å². The van der Waals surface area contributed by atoms with Gasteiger partial charge in [0.15, 0.2) is 5.96 Å². The molecule has 0 spiro atoms. The zero-order valence-electron chi connectivity index (χ0n) is 12.6. The van der Waals surface area contributed by atoms with E-state index in [1.165, 1.54) is 23.4 Å². The van der Waals surface area contributed by atoms with Gasteiger partial charge in [-0.1, -0.05) is 12.1 Å². The van der Waals surface area contributed by atoms with Crippen molar-refractivity contribution in [3.8, 4) is 0 Å². The first-order valence-corrected chi connectivity index (χ1v) is 7.53. The number of amides is 1. The summed E-state index contributed by atoms with van der Waals surface area (Å²) in [6, 6.07) is 8.18. The van der Waals surface area contributed by atoms with Gasteiger partial charge in [-0.15, -0.1) is 0 Å². The van der Waals surface area contributed by atoms with Crippen LogP contribution in [-0.2, 0) is 4.79 Å². The zero-order chi connectivity index (χ0) is 15.0. The summed E-state index contributed by atoms with van der Waals surface area (Å²) in [6.07, 6.45) is 2.49. The first-order chi connectivity index (χ1) is 10.1. The van der Waals surface area contributed by atoms with E-state index in [9.17, 15) is 4.79 Å². The van der Waals surface area contributed by atoms with E-state index in [1.54, 1.807) is 7.05 Å². The second kappa shape index (κ2) is 5.39. The predicted molar refractivity (Wildman–Crippen MR) is 84.5 cm³/mol. The van der Waals surface area contributed by atoms with Gasteiger partial charge in [0.05, 0.1) is 12.0 Å². The van der Waals surface area contributed by atoms with Crippen LogP contribution < -0.4 is 10.6 Å². The van der Waals surface area contributed by atoms with Crippen LogP contribution in [0.25, 0.3) is 0 Å². The fraction of sp³-hybridized carbons (Fsp3) is 0.500. The van der Waals surface area contributed by atoms with Crippen LogP contribution in [0.2, 0.25) is 0 Å². The minimum absolute atomic E-state index is 0.0218. The standard InChI is InChI=1S/C16H22N4O/c1-11-14(15(21)19(2)16(17)18-11)12-6-5-7-13(10-12)20-8-3-4-9-20/h5-7,10-11,14H,3-4,8-9H2,1-2H3,(H2,17,18)/t11-,14?/m0/s1. The van der Waals surface area contributed by atoms with Crippen LogP contribution in [0, 0.1) is 0 Å². The predicted octanol–water partition coefficient (Wildman–Crippen LogP) is 1.55. The Hall–Kier alpha value is -2.04. The lowest BCUT2D eigenvalue weighted by molar-refractivity contribution is -0.129. The van der Waals surface area contributed by atoms with Gasteiger partial charge in [-0.2, -0.15) is 0 Å². The van der Waals surface area contributed by atoms with E-state index in [1.807, 2.05) is 19.1 Å². The summed E-state index contributed by atoms with van der Waals surface area (Å²) in [5.41, 5.74) is 8.01. The molecule has 112 valence electrons. The molecule has 0 aliphatic carbocycles. The minimum Gasteiger partial charge on any atom is -0.372 e. The van der Waals surface area contributed by atoms with Crippen molar-refractivity contribution in [3.63, 3.8) is 0 Å². The number of carbonyl (C=O) groups is 1. The highest BCUT2D eigenvalue weighted by Crippen LogP contribution is 2.30. The quantitative estimate of drug-likeness (QED) is 0.897. The van der Waals surface area contributed by atoms with Crippen molar-refractivity contribution in [1.82, 2.24) is 4.90 Å². The smallest absolute Gasteiger partial charge is 0.238 e. The number of aliphatic imine (C=N–C) groups is 1. The molecule has 2 atom stereocenters. The molecular formula is C16H22N4O. The molecule has 1 aromatic rings. The molecule has 0 bridgehead atoms. The lowest BCUT2D eigenvalue weighted by Gasteiger charge is -2.31. The Morgan fingerprint density at radius 2 is 2.00 bits per heavy atom. The van der Waals surface area contributed by atoms with Crippen LogP contribution in [0.4, 0.5) is 5.69 Å². The summed E-state index contributed by atoms with van der Waals surface area (Å²) < 4.78 is 0. The lowest BCUT2D eigenvalue weighted by Crippen LogP contribution is -2.48. The Morgan fingerprint density at radius 3 is 2.71 bits per heavy atom. The van der Waals surface area contributed by atoms with Gasteiger partial charge in [0, 0.05) is 25.8 Å². The maximum absolute atomic E-state index is 12.5. The summed E-state index contributed by atoms with van der Waals surface area (Å²) in [4.78, 5) is 20.7. The molecule has 0 aromatic heterocycles. The normalized spacial score (nSPS) is 26.2. The van der Waals surface area contributed by atoms with Crippen molar-refractivity contribution < 1.29 is 4.79 Å². The summed E-state index contributed by atoms with van der Waals surface area (Å²) >= 11 is 0. The molecule has 5 nitrogen and oxygen atoms in total. The van der Waals surface area contributed by atoms with Crippen LogP contribution in [0.3, 0.4) is 0 Å². The van der Waals surface area contributed by atoms with Crippen LogP contribution in [0.15, 0.2) is 29.3 Å². The van der Waals surface area contributed by atoms with Gasteiger partial charge in [0.1, 0.15) is 0 Å². The van der Waals surface area contributed by atoms with Crippen molar-refractivity contribution in [2.75, 3.05) is 25.0 Å². The Labute approximate surface area is 125 Å². The van der Waals surface area contributed by atoms with Gasteiger partial charge >= 0.3 is 0 Å². The number of hydrogen-bond donors (Lipinski definition) is 1. The summed E-state index contributed by atoms with van der Waals surface area (Å²) in [5, 5.41) is 0. The first-order valence-electron chi connectivity index (χ1n) is 7.53. The summed E-state index contributed by atoms with van der Waals surface area (Å²) in [7, 11) is 1.68. The molecule has 2 aliphatic rings. The number of rotatable bonds is 2. The third-order valence-electron chi connectivity index (χ3n) is 4.46. The fourth-order valence-electron chi connectivity index (χ4n) is 3.21. The molecule has 0 saturated carbocycles. The van der Waals surface area contributed by atoms with E-state index in [-0.39, 0.29) is 17.9 Å². The first kappa shape index (κ1) is 13.9. The van der Waals surface area contributed by atoms with E-state index < -0.39 is 0 Å². The molecule has 5 heteroatoms. The van der Waals surface area contributed by atoms with Crippen LogP contribution in [0.1, 0.15) is 31.2 Å². The van der Waals surface area contributed by atoms with Crippen LogP contribution in [0.5, 0.6) is 0 Å². The summed E-state index contributed by atoms with van der Waals surface area (Å²) in [5.74, 6) is 0.0814. The fourth-order valence-corrected chi connectivity index (χ4v) is 3.21. The molecule has 1 fully saturated rings. The van der Waals surface area contributed by atoms with Gasteiger partial charge in [0.2, 0.25) is 5.91 Å². The Bertz CT molecular complexity index is 577. The average Bonchev–Trinajstić information content (AvgIpc) is 2.99. The molecule has 1 aromatic carbocycles. The van der Waals surface area contributed by atoms with Gasteiger partial charge in [-0.3, -0.25) is 9.69 Å². The van der Waals surface area contributed by atoms with E-state index in [0.29, 0.717) is 5.96 Å². The summed E-state index contributed by atoms with van der Waals surface area (Å²) in [6.45, 7) is 4.15. The SMILES string of the molecule is C[C@@H]1N=C(N)N(C)C(=O)C1c1cccc(N2CCCC2)c1. The van der Waals surface area contributed by atoms with Crippen molar-refractivity contribution >= 4 is 17.6 Å². The van der Waals surface area contributed by atoms with Gasteiger partial charge < -0.3 is 10.6 Å². The highest BCUT2D eigenvalue weighted by atomic mass is 16.2. The molecule has 21 heavy (non-hydrogen) atoms. The molecule has 2 aliphatic heterocycles. The van der Waals surface area contributed by atoms with Gasteiger partial charge in [-0.25, -0.2) is 4.99 Å². The lowest BCUT2D eigenvalue weighted by atomic mass is 9.90. The Kier molecular flexibility index (Phi) is 3.57. The number of hydrogen-bond acceptors (Lipinski definition) is 4. The molecular weight excluding hydrogens is 264 g/mol. The highest BCUT2D eigenvalue weighted by Gasteiger charge is 2.35. The van der Waals surface area contributed by atoms with Crippen molar-refractivity contribution in [3.05, 3.63) is 29.8 Å². The van der Waals surface area contributed by atoms with E-state index >= 15 is 0 Å². The van der Waals surface area contributed by atoms with Crippen molar-refractivity contribution in [2.45, 2.75) is 31.7 Å². The average molecular weight is 286 g/mol. The van der Waals surface area contributed by atoms with Gasteiger partial charge in [-0.05, 0) is 37.5 Å². The zero-order valence-corrected chi connectivity index (χ0v) is 12.6.